The van der Waals surface area contributed by atoms with Crippen LogP contribution in [0.15, 0.2) is 66.9 Å². The zero-order valence-corrected chi connectivity index (χ0v) is 13.7. The molecule has 0 saturated carbocycles. The second-order valence-corrected chi connectivity index (χ2v) is 5.65. The Morgan fingerprint density at radius 1 is 1.04 bits per heavy atom. The molecular formula is C19H15ClN2O2. The minimum absolute atomic E-state index is 0.244. The Labute approximate surface area is 145 Å². The number of pyridine rings is 1. The normalized spacial score (nSPS) is 10.2. The molecule has 0 fully saturated rings. The van der Waals surface area contributed by atoms with Crippen LogP contribution in [-0.4, -0.2) is 10.9 Å². The van der Waals surface area contributed by atoms with Crippen molar-refractivity contribution in [2.75, 3.05) is 5.32 Å². The van der Waals surface area contributed by atoms with E-state index in [1.807, 2.05) is 31.2 Å². The van der Waals surface area contributed by atoms with E-state index in [-0.39, 0.29) is 5.91 Å². The summed E-state index contributed by atoms with van der Waals surface area (Å²) in [5, 5.41) is 3.15. The molecule has 3 aromatic rings. The molecule has 24 heavy (non-hydrogen) atoms. The van der Waals surface area contributed by atoms with E-state index in [0.717, 1.165) is 11.3 Å². The first-order valence-electron chi connectivity index (χ1n) is 7.38. The molecule has 1 amide bonds. The number of anilines is 1. The van der Waals surface area contributed by atoms with Crippen LogP contribution in [0.2, 0.25) is 5.15 Å². The Morgan fingerprint density at radius 3 is 2.50 bits per heavy atom. The van der Waals surface area contributed by atoms with Crippen molar-refractivity contribution in [1.82, 2.24) is 4.98 Å². The van der Waals surface area contributed by atoms with Crippen LogP contribution in [0.5, 0.6) is 11.5 Å². The van der Waals surface area contributed by atoms with Gasteiger partial charge in [-0.3, -0.25) is 4.79 Å². The zero-order valence-electron chi connectivity index (χ0n) is 13.0. The first-order chi connectivity index (χ1) is 11.6. The SMILES string of the molecule is Cc1cccc(Oc2ccc(NC(=O)c3ccc(Cl)nc3)cc2)c1. The number of aryl methyl sites for hydroxylation is 1. The van der Waals surface area contributed by atoms with Crippen molar-refractivity contribution >= 4 is 23.2 Å². The van der Waals surface area contributed by atoms with Gasteiger partial charge in [0.25, 0.3) is 5.91 Å². The van der Waals surface area contributed by atoms with E-state index in [0.29, 0.717) is 22.2 Å². The number of carbonyl (C=O) groups excluding carboxylic acids is 1. The number of aromatic nitrogens is 1. The number of halogens is 1. The molecule has 0 radical (unpaired) electrons. The molecule has 0 aliphatic carbocycles. The van der Waals surface area contributed by atoms with Gasteiger partial charge in [0.1, 0.15) is 16.7 Å². The Balaban J connectivity index is 1.66. The lowest BCUT2D eigenvalue weighted by Crippen LogP contribution is -2.11. The second-order valence-electron chi connectivity index (χ2n) is 5.27. The molecular weight excluding hydrogens is 324 g/mol. The standard InChI is InChI=1S/C19H15ClN2O2/c1-13-3-2-4-17(11-13)24-16-8-6-15(7-9-16)22-19(23)14-5-10-18(20)21-12-14/h2-12H,1H3,(H,22,23). The zero-order chi connectivity index (χ0) is 16.9. The van der Waals surface area contributed by atoms with E-state index in [1.54, 1.807) is 36.4 Å². The summed E-state index contributed by atoms with van der Waals surface area (Å²) in [6.07, 6.45) is 1.44. The molecule has 0 aliphatic rings. The fraction of sp³-hybridized carbons (Fsp3) is 0.0526. The molecule has 0 atom stereocenters. The number of hydrogen-bond donors (Lipinski definition) is 1. The maximum absolute atomic E-state index is 12.1. The van der Waals surface area contributed by atoms with E-state index in [4.69, 9.17) is 16.3 Å². The number of rotatable bonds is 4. The van der Waals surface area contributed by atoms with Crippen LogP contribution in [0, 0.1) is 6.92 Å². The fourth-order valence-electron chi connectivity index (χ4n) is 2.13. The Kier molecular flexibility index (Phi) is 4.77. The van der Waals surface area contributed by atoms with Gasteiger partial charge >= 0.3 is 0 Å². The second kappa shape index (κ2) is 7.15. The van der Waals surface area contributed by atoms with E-state index >= 15 is 0 Å². The Bertz CT molecular complexity index is 846. The largest absolute Gasteiger partial charge is 0.457 e. The highest BCUT2D eigenvalue weighted by Gasteiger charge is 2.07. The van der Waals surface area contributed by atoms with Crippen molar-refractivity contribution in [2.45, 2.75) is 6.92 Å². The molecule has 1 heterocycles. The molecule has 0 saturated heterocycles. The van der Waals surface area contributed by atoms with Crippen LogP contribution in [0.1, 0.15) is 15.9 Å². The van der Waals surface area contributed by atoms with Gasteiger partial charge in [0.2, 0.25) is 0 Å². The van der Waals surface area contributed by atoms with E-state index in [1.165, 1.54) is 6.20 Å². The molecule has 5 heteroatoms. The molecule has 2 aromatic carbocycles. The van der Waals surface area contributed by atoms with Gasteiger partial charge in [-0.15, -0.1) is 0 Å². The number of hydrogen-bond acceptors (Lipinski definition) is 3. The Hall–Kier alpha value is -2.85. The van der Waals surface area contributed by atoms with Crippen LogP contribution in [0.3, 0.4) is 0 Å². The van der Waals surface area contributed by atoms with Gasteiger partial charge in [-0.05, 0) is 61.0 Å². The van der Waals surface area contributed by atoms with Crippen LogP contribution in [0.4, 0.5) is 5.69 Å². The number of nitrogens with one attached hydrogen (secondary N) is 1. The lowest BCUT2D eigenvalue weighted by atomic mass is 10.2. The van der Waals surface area contributed by atoms with Gasteiger partial charge in [0.15, 0.2) is 0 Å². The van der Waals surface area contributed by atoms with E-state index in [9.17, 15) is 4.79 Å². The van der Waals surface area contributed by atoms with Gasteiger partial charge in [-0.25, -0.2) is 4.98 Å². The summed E-state index contributed by atoms with van der Waals surface area (Å²) in [5.74, 6) is 1.23. The van der Waals surface area contributed by atoms with Crippen LogP contribution < -0.4 is 10.1 Å². The smallest absolute Gasteiger partial charge is 0.257 e. The summed E-state index contributed by atoms with van der Waals surface area (Å²) in [4.78, 5) is 16.0. The number of nitrogens with zero attached hydrogens (tertiary/aromatic N) is 1. The summed E-state index contributed by atoms with van der Waals surface area (Å²) in [5.41, 5.74) is 2.25. The fourth-order valence-corrected chi connectivity index (χ4v) is 2.25. The minimum Gasteiger partial charge on any atom is -0.457 e. The molecule has 1 aromatic heterocycles. The summed E-state index contributed by atoms with van der Waals surface area (Å²) >= 11 is 5.71. The number of amides is 1. The first kappa shape index (κ1) is 16.0. The van der Waals surface area contributed by atoms with Crippen LogP contribution in [0.25, 0.3) is 0 Å². The van der Waals surface area contributed by atoms with Gasteiger partial charge in [0.05, 0.1) is 5.56 Å². The maximum Gasteiger partial charge on any atom is 0.257 e. The lowest BCUT2D eigenvalue weighted by molar-refractivity contribution is 0.102. The number of benzene rings is 2. The lowest BCUT2D eigenvalue weighted by Gasteiger charge is -2.08. The van der Waals surface area contributed by atoms with Gasteiger partial charge < -0.3 is 10.1 Å². The Morgan fingerprint density at radius 2 is 1.83 bits per heavy atom. The molecule has 4 nitrogen and oxygen atoms in total. The van der Waals surface area contributed by atoms with Crippen LogP contribution in [-0.2, 0) is 0 Å². The molecule has 0 unspecified atom stereocenters. The van der Waals surface area contributed by atoms with Crippen LogP contribution >= 0.6 is 11.6 Å². The molecule has 3 rings (SSSR count). The molecule has 0 bridgehead atoms. The van der Waals surface area contributed by atoms with Crippen molar-refractivity contribution < 1.29 is 9.53 Å². The molecule has 120 valence electrons. The highest BCUT2D eigenvalue weighted by molar-refractivity contribution is 6.29. The van der Waals surface area contributed by atoms with Crippen molar-refractivity contribution in [3.63, 3.8) is 0 Å². The predicted molar refractivity (Wildman–Crippen MR) is 94.9 cm³/mol. The minimum atomic E-state index is -0.244. The van der Waals surface area contributed by atoms with Crippen molar-refractivity contribution in [2.24, 2.45) is 0 Å². The van der Waals surface area contributed by atoms with Crippen molar-refractivity contribution in [1.29, 1.82) is 0 Å². The van der Waals surface area contributed by atoms with Gasteiger partial charge in [0, 0.05) is 11.9 Å². The third kappa shape index (κ3) is 4.12. The molecule has 0 spiro atoms. The monoisotopic (exact) mass is 338 g/mol. The summed E-state index contributed by atoms with van der Waals surface area (Å²) in [7, 11) is 0. The van der Waals surface area contributed by atoms with E-state index in [2.05, 4.69) is 10.3 Å². The third-order valence-corrected chi connectivity index (χ3v) is 3.55. The quantitative estimate of drug-likeness (QED) is 0.674. The number of carbonyl (C=O) groups is 1. The maximum atomic E-state index is 12.1. The highest BCUT2D eigenvalue weighted by Crippen LogP contribution is 2.23. The number of ether oxygens (including phenoxy) is 1. The third-order valence-electron chi connectivity index (χ3n) is 3.33. The predicted octanol–water partition coefficient (Wildman–Crippen LogP) is 5.09. The molecule has 0 aliphatic heterocycles. The highest BCUT2D eigenvalue weighted by atomic mass is 35.5. The van der Waals surface area contributed by atoms with Gasteiger partial charge in [-0.1, -0.05) is 23.7 Å². The average molecular weight is 339 g/mol. The van der Waals surface area contributed by atoms with Crippen molar-refractivity contribution in [3.8, 4) is 11.5 Å². The first-order valence-corrected chi connectivity index (χ1v) is 7.75. The van der Waals surface area contributed by atoms with Crippen molar-refractivity contribution in [3.05, 3.63) is 83.1 Å². The summed E-state index contributed by atoms with van der Waals surface area (Å²) in [6.45, 7) is 2.01. The van der Waals surface area contributed by atoms with E-state index < -0.39 is 0 Å². The molecule has 1 N–H and O–H groups in total. The topological polar surface area (TPSA) is 51.2 Å². The van der Waals surface area contributed by atoms with Gasteiger partial charge in [-0.2, -0.15) is 0 Å². The summed E-state index contributed by atoms with van der Waals surface area (Å²) in [6, 6.07) is 18.2. The average Bonchev–Trinajstić information content (AvgIpc) is 2.57. The summed E-state index contributed by atoms with van der Waals surface area (Å²) < 4.78 is 5.78.